The Morgan fingerprint density at radius 1 is 1.56 bits per heavy atom. The first-order valence-electron chi connectivity index (χ1n) is 6.40. The van der Waals surface area contributed by atoms with Crippen LogP contribution in [0.15, 0.2) is 22.7 Å². The molecule has 0 amide bonds. The molecular formula is C14H19BrO3. The summed E-state index contributed by atoms with van der Waals surface area (Å²) in [5.41, 5.74) is 0.918. The highest BCUT2D eigenvalue weighted by molar-refractivity contribution is 9.10. The highest BCUT2D eigenvalue weighted by atomic mass is 79.9. The lowest BCUT2D eigenvalue weighted by Gasteiger charge is -2.18. The molecule has 1 aromatic rings. The average Bonchev–Trinajstić information content (AvgIpc) is 2.90. The number of ether oxygens (including phenoxy) is 2. The minimum absolute atomic E-state index is 0.208. The number of halogens is 1. The van der Waals surface area contributed by atoms with E-state index in [1.165, 1.54) is 0 Å². The van der Waals surface area contributed by atoms with Crippen molar-refractivity contribution in [3.8, 4) is 5.75 Å². The van der Waals surface area contributed by atoms with Crippen LogP contribution in [0.4, 0.5) is 0 Å². The molecule has 2 rings (SSSR count). The lowest BCUT2D eigenvalue weighted by Crippen LogP contribution is -2.12. The molecule has 18 heavy (non-hydrogen) atoms. The van der Waals surface area contributed by atoms with Crippen molar-refractivity contribution in [1.82, 2.24) is 0 Å². The minimum atomic E-state index is -0.455. The fraction of sp³-hybridized carbons (Fsp3) is 0.571. The summed E-state index contributed by atoms with van der Waals surface area (Å²) in [6.07, 6.45) is 1.45. The summed E-state index contributed by atoms with van der Waals surface area (Å²) in [5.74, 6) is 1.04. The number of hydrogen-bond donors (Lipinski definition) is 1. The van der Waals surface area contributed by atoms with Crippen molar-refractivity contribution >= 4 is 15.9 Å². The molecule has 0 aliphatic carbocycles. The third-order valence-corrected chi connectivity index (χ3v) is 3.79. The monoisotopic (exact) mass is 314 g/mol. The summed E-state index contributed by atoms with van der Waals surface area (Å²) < 4.78 is 11.8. The zero-order valence-corrected chi connectivity index (χ0v) is 12.1. The largest absolute Gasteiger partial charge is 0.492 e. The van der Waals surface area contributed by atoms with Crippen molar-refractivity contribution in [1.29, 1.82) is 0 Å². The van der Waals surface area contributed by atoms with E-state index in [-0.39, 0.29) is 5.92 Å². The Morgan fingerprint density at radius 3 is 3.00 bits per heavy atom. The van der Waals surface area contributed by atoms with E-state index >= 15 is 0 Å². The van der Waals surface area contributed by atoms with Crippen molar-refractivity contribution in [2.75, 3.05) is 19.8 Å². The van der Waals surface area contributed by atoms with Crippen LogP contribution in [0.5, 0.6) is 5.75 Å². The number of rotatable bonds is 5. The molecule has 1 fully saturated rings. The Hall–Kier alpha value is -0.580. The van der Waals surface area contributed by atoms with Crippen LogP contribution in [-0.2, 0) is 4.74 Å². The number of benzene rings is 1. The lowest BCUT2D eigenvalue weighted by atomic mass is 9.95. The van der Waals surface area contributed by atoms with Gasteiger partial charge >= 0.3 is 0 Å². The standard InChI is InChI=1S/C14H19BrO3/c1-2-6-18-13-4-3-10(8-12(13)15)14(16)11-5-7-17-9-11/h3-4,8,11,14,16H,2,5-7,9H2,1H3. The third kappa shape index (κ3) is 3.25. The molecule has 0 spiro atoms. The van der Waals surface area contributed by atoms with Gasteiger partial charge in [-0.3, -0.25) is 0 Å². The van der Waals surface area contributed by atoms with Crippen molar-refractivity contribution in [2.24, 2.45) is 5.92 Å². The maximum Gasteiger partial charge on any atom is 0.133 e. The summed E-state index contributed by atoms with van der Waals surface area (Å²) in [7, 11) is 0. The van der Waals surface area contributed by atoms with E-state index in [9.17, 15) is 5.11 Å². The first-order valence-corrected chi connectivity index (χ1v) is 7.19. The van der Waals surface area contributed by atoms with Crippen molar-refractivity contribution < 1.29 is 14.6 Å². The summed E-state index contributed by atoms with van der Waals surface area (Å²) in [5, 5.41) is 10.3. The van der Waals surface area contributed by atoms with Gasteiger partial charge in [0.2, 0.25) is 0 Å². The van der Waals surface area contributed by atoms with Crippen LogP contribution < -0.4 is 4.74 Å². The van der Waals surface area contributed by atoms with Gasteiger partial charge in [-0.05, 0) is 46.5 Å². The van der Waals surface area contributed by atoms with Gasteiger partial charge < -0.3 is 14.6 Å². The molecular weight excluding hydrogens is 296 g/mol. The first kappa shape index (κ1) is 13.8. The van der Waals surface area contributed by atoms with E-state index in [0.29, 0.717) is 13.2 Å². The predicted octanol–water partition coefficient (Wildman–Crippen LogP) is 3.31. The molecule has 100 valence electrons. The molecule has 3 nitrogen and oxygen atoms in total. The zero-order valence-electron chi connectivity index (χ0n) is 10.6. The van der Waals surface area contributed by atoms with Gasteiger partial charge in [-0.25, -0.2) is 0 Å². The fourth-order valence-electron chi connectivity index (χ4n) is 2.10. The van der Waals surface area contributed by atoms with E-state index in [1.54, 1.807) is 0 Å². The van der Waals surface area contributed by atoms with Gasteiger partial charge in [-0.1, -0.05) is 13.0 Å². The molecule has 0 bridgehead atoms. The number of hydrogen-bond acceptors (Lipinski definition) is 3. The quantitative estimate of drug-likeness (QED) is 0.906. The zero-order chi connectivity index (χ0) is 13.0. The van der Waals surface area contributed by atoms with Crippen LogP contribution in [0.25, 0.3) is 0 Å². The highest BCUT2D eigenvalue weighted by Crippen LogP contribution is 2.33. The second-order valence-electron chi connectivity index (χ2n) is 4.61. The van der Waals surface area contributed by atoms with Gasteiger partial charge in [0.15, 0.2) is 0 Å². The summed E-state index contributed by atoms with van der Waals surface area (Å²) in [6, 6.07) is 5.78. The maximum atomic E-state index is 10.3. The highest BCUT2D eigenvalue weighted by Gasteiger charge is 2.25. The second-order valence-corrected chi connectivity index (χ2v) is 5.46. The number of aliphatic hydroxyl groups excluding tert-OH is 1. The summed E-state index contributed by atoms with van der Waals surface area (Å²) in [4.78, 5) is 0. The van der Waals surface area contributed by atoms with Gasteiger partial charge in [0.05, 0.1) is 23.8 Å². The Morgan fingerprint density at radius 2 is 2.39 bits per heavy atom. The summed E-state index contributed by atoms with van der Waals surface area (Å²) >= 11 is 3.49. The predicted molar refractivity (Wildman–Crippen MR) is 73.8 cm³/mol. The maximum absolute atomic E-state index is 10.3. The first-order chi connectivity index (χ1) is 8.72. The van der Waals surface area contributed by atoms with Crippen LogP contribution in [0, 0.1) is 5.92 Å². The van der Waals surface area contributed by atoms with Crippen molar-refractivity contribution in [3.63, 3.8) is 0 Å². The summed E-state index contributed by atoms with van der Waals surface area (Å²) in [6.45, 7) is 4.18. The average molecular weight is 315 g/mol. The van der Waals surface area contributed by atoms with Crippen molar-refractivity contribution in [2.45, 2.75) is 25.9 Å². The van der Waals surface area contributed by atoms with Crippen LogP contribution in [0.3, 0.4) is 0 Å². The number of aliphatic hydroxyl groups is 1. The molecule has 2 unspecified atom stereocenters. The van der Waals surface area contributed by atoms with Gasteiger partial charge in [0, 0.05) is 12.5 Å². The smallest absolute Gasteiger partial charge is 0.133 e. The van der Waals surface area contributed by atoms with Crippen LogP contribution in [-0.4, -0.2) is 24.9 Å². The van der Waals surface area contributed by atoms with Crippen LogP contribution in [0.2, 0.25) is 0 Å². The normalized spacial score (nSPS) is 20.9. The molecule has 1 aliphatic rings. The van der Waals surface area contributed by atoms with E-state index in [4.69, 9.17) is 9.47 Å². The lowest BCUT2D eigenvalue weighted by molar-refractivity contribution is 0.0917. The van der Waals surface area contributed by atoms with Gasteiger partial charge in [0.1, 0.15) is 5.75 Å². The molecule has 1 N–H and O–H groups in total. The van der Waals surface area contributed by atoms with E-state index in [0.717, 1.165) is 35.2 Å². The molecule has 1 saturated heterocycles. The van der Waals surface area contributed by atoms with E-state index in [1.807, 2.05) is 18.2 Å². The molecule has 0 saturated carbocycles. The van der Waals surface area contributed by atoms with Crippen molar-refractivity contribution in [3.05, 3.63) is 28.2 Å². The van der Waals surface area contributed by atoms with Gasteiger partial charge in [0.25, 0.3) is 0 Å². The Balaban J connectivity index is 2.07. The molecule has 1 aliphatic heterocycles. The molecule has 1 heterocycles. The van der Waals surface area contributed by atoms with E-state index in [2.05, 4.69) is 22.9 Å². The van der Waals surface area contributed by atoms with E-state index < -0.39 is 6.10 Å². The fourth-order valence-corrected chi connectivity index (χ4v) is 2.62. The third-order valence-electron chi connectivity index (χ3n) is 3.17. The second kappa shape index (κ2) is 6.55. The molecule has 2 atom stereocenters. The Kier molecular flexibility index (Phi) is 5.03. The Bertz CT molecular complexity index is 389. The van der Waals surface area contributed by atoms with Crippen LogP contribution >= 0.6 is 15.9 Å². The molecule has 1 aromatic carbocycles. The minimum Gasteiger partial charge on any atom is -0.492 e. The molecule has 4 heteroatoms. The van der Waals surface area contributed by atoms with Crippen LogP contribution in [0.1, 0.15) is 31.4 Å². The van der Waals surface area contributed by atoms with Gasteiger partial charge in [-0.2, -0.15) is 0 Å². The van der Waals surface area contributed by atoms with Gasteiger partial charge in [-0.15, -0.1) is 0 Å². The SMILES string of the molecule is CCCOc1ccc(C(O)C2CCOC2)cc1Br. The molecule has 0 radical (unpaired) electrons. The molecule has 0 aromatic heterocycles. The topological polar surface area (TPSA) is 38.7 Å². The Labute approximate surface area is 116 Å².